The highest BCUT2D eigenvalue weighted by molar-refractivity contribution is 5.94. The summed E-state index contributed by atoms with van der Waals surface area (Å²) in [5.74, 6) is 0.202. The number of esters is 1. The van der Waals surface area contributed by atoms with Crippen molar-refractivity contribution in [1.82, 2.24) is 0 Å². The number of carbonyl (C=O) groups excluding carboxylic acids is 1. The molecule has 2 aliphatic heterocycles. The number of benzene rings is 2. The molecule has 3 atom stereocenters. The Morgan fingerprint density at radius 1 is 1.04 bits per heavy atom. The zero-order valence-electron chi connectivity index (χ0n) is 15.5. The first kappa shape index (κ1) is 17.7. The lowest BCUT2D eigenvalue weighted by atomic mass is 9.89. The molecule has 0 bridgehead atoms. The third-order valence-corrected chi connectivity index (χ3v) is 4.94. The van der Waals surface area contributed by atoms with Crippen LogP contribution in [0.3, 0.4) is 0 Å². The summed E-state index contributed by atoms with van der Waals surface area (Å²) in [7, 11) is 0. The molecule has 0 N–H and O–H groups in total. The standard InChI is InChI=1S/C22H23NO4/c1-22(2)14-25-21(24)19(22)26-18-13-17(15-9-5-3-6-10-15)23-20(27-18)16-11-7-4-8-12-16/h3-12,17-19H,13-14H2,1-2H3/t17-,18-,19+/m1/s1. The van der Waals surface area contributed by atoms with Crippen LogP contribution in [-0.2, 0) is 19.0 Å². The van der Waals surface area contributed by atoms with E-state index in [4.69, 9.17) is 19.2 Å². The van der Waals surface area contributed by atoms with Crippen molar-refractivity contribution in [3.05, 3.63) is 71.8 Å². The largest absolute Gasteiger partial charge is 0.463 e. The second-order valence-electron chi connectivity index (χ2n) is 7.62. The lowest BCUT2D eigenvalue weighted by Crippen LogP contribution is -2.40. The van der Waals surface area contributed by atoms with Crippen LogP contribution in [0.1, 0.15) is 37.4 Å². The summed E-state index contributed by atoms with van der Waals surface area (Å²) < 4.78 is 17.3. The van der Waals surface area contributed by atoms with Crippen LogP contribution < -0.4 is 0 Å². The maximum atomic E-state index is 12.1. The predicted molar refractivity (Wildman–Crippen MR) is 101 cm³/mol. The van der Waals surface area contributed by atoms with Crippen LogP contribution in [-0.4, -0.2) is 30.9 Å². The van der Waals surface area contributed by atoms with E-state index in [1.165, 1.54) is 0 Å². The average molecular weight is 365 g/mol. The number of hydrogen-bond acceptors (Lipinski definition) is 5. The van der Waals surface area contributed by atoms with E-state index in [0.717, 1.165) is 11.1 Å². The molecule has 27 heavy (non-hydrogen) atoms. The van der Waals surface area contributed by atoms with Crippen molar-refractivity contribution >= 4 is 11.9 Å². The second kappa shape index (κ2) is 7.16. The van der Waals surface area contributed by atoms with Crippen LogP contribution >= 0.6 is 0 Å². The van der Waals surface area contributed by atoms with Crippen molar-refractivity contribution < 1.29 is 19.0 Å². The first-order chi connectivity index (χ1) is 13.0. The Morgan fingerprint density at radius 3 is 2.33 bits per heavy atom. The van der Waals surface area contributed by atoms with Crippen LogP contribution in [0, 0.1) is 5.41 Å². The van der Waals surface area contributed by atoms with Crippen molar-refractivity contribution in [1.29, 1.82) is 0 Å². The molecule has 4 rings (SSSR count). The Bertz CT molecular complexity index is 832. The molecular weight excluding hydrogens is 342 g/mol. The second-order valence-corrected chi connectivity index (χ2v) is 7.62. The highest BCUT2D eigenvalue weighted by Crippen LogP contribution is 2.36. The summed E-state index contributed by atoms with van der Waals surface area (Å²) in [6, 6.07) is 19.7. The number of carbonyl (C=O) groups is 1. The van der Waals surface area contributed by atoms with E-state index in [1.54, 1.807) is 0 Å². The molecule has 5 heteroatoms. The molecule has 0 aliphatic carbocycles. The molecule has 2 aliphatic rings. The van der Waals surface area contributed by atoms with Crippen molar-refractivity contribution in [3.63, 3.8) is 0 Å². The lowest BCUT2D eigenvalue weighted by Gasteiger charge is -2.32. The molecule has 0 saturated carbocycles. The molecule has 140 valence electrons. The molecule has 0 aromatic heterocycles. The van der Waals surface area contributed by atoms with Gasteiger partial charge < -0.3 is 14.2 Å². The topological polar surface area (TPSA) is 57.1 Å². The van der Waals surface area contributed by atoms with E-state index >= 15 is 0 Å². The van der Waals surface area contributed by atoms with Gasteiger partial charge in [0.05, 0.1) is 12.6 Å². The van der Waals surface area contributed by atoms with Gasteiger partial charge in [0.15, 0.2) is 6.10 Å². The Labute approximate surface area is 159 Å². The molecule has 0 unspecified atom stereocenters. The van der Waals surface area contributed by atoms with Gasteiger partial charge in [-0.1, -0.05) is 62.4 Å². The maximum Gasteiger partial charge on any atom is 0.336 e. The van der Waals surface area contributed by atoms with Gasteiger partial charge in [0.25, 0.3) is 0 Å². The van der Waals surface area contributed by atoms with Crippen molar-refractivity contribution in [2.24, 2.45) is 10.4 Å². The number of rotatable bonds is 4. The predicted octanol–water partition coefficient (Wildman–Crippen LogP) is 3.89. The fourth-order valence-electron chi connectivity index (χ4n) is 3.39. The Morgan fingerprint density at radius 2 is 1.70 bits per heavy atom. The van der Waals surface area contributed by atoms with Crippen LogP contribution in [0.15, 0.2) is 65.7 Å². The summed E-state index contributed by atoms with van der Waals surface area (Å²) in [4.78, 5) is 16.9. The third kappa shape index (κ3) is 3.74. The van der Waals surface area contributed by atoms with Gasteiger partial charge in [-0.3, -0.25) is 0 Å². The third-order valence-electron chi connectivity index (χ3n) is 4.94. The van der Waals surface area contributed by atoms with E-state index in [-0.39, 0.29) is 17.4 Å². The number of nitrogens with zero attached hydrogens (tertiary/aromatic N) is 1. The average Bonchev–Trinajstić information content (AvgIpc) is 2.96. The molecule has 0 spiro atoms. The summed E-state index contributed by atoms with van der Waals surface area (Å²) in [6.45, 7) is 4.28. The van der Waals surface area contributed by atoms with Gasteiger partial charge in [0.2, 0.25) is 12.2 Å². The minimum atomic E-state index is -0.644. The molecule has 0 amide bonds. The SMILES string of the molecule is CC1(C)COC(=O)[C@@H]1O[C@H]1C[C@H](c2ccccc2)N=C(c2ccccc2)O1. The van der Waals surface area contributed by atoms with E-state index in [1.807, 2.05) is 74.5 Å². The summed E-state index contributed by atoms with van der Waals surface area (Å²) >= 11 is 0. The smallest absolute Gasteiger partial charge is 0.336 e. The molecule has 2 aromatic carbocycles. The van der Waals surface area contributed by atoms with Gasteiger partial charge in [0, 0.05) is 17.4 Å². The Balaban J connectivity index is 1.62. The quantitative estimate of drug-likeness (QED) is 0.772. The summed E-state index contributed by atoms with van der Waals surface area (Å²) in [5.41, 5.74) is 1.60. The van der Waals surface area contributed by atoms with Crippen molar-refractivity contribution in [2.75, 3.05) is 6.61 Å². The molecule has 1 fully saturated rings. The minimum absolute atomic E-state index is 0.0966. The van der Waals surface area contributed by atoms with Gasteiger partial charge in [-0.25, -0.2) is 9.79 Å². The monoisotopic (exact) mass is 365 g/mol. The fourth-order valence-corrected chi connectivity index (χ4v) is 3.39. The van der Waals surface area contributed by atoms with E-state index in [2.05, 4.69) is 0 Å². The molecule has 1 saturated heterocycles. The van der Waals surface area contributed by atoms with Crippen molar-refractivity contribution in [2.45, 2.75) is 38.7 Å². The Kier molecular flexibility index (Phi) is 4.70. The van der Waals surface area contributed by atoms with E-state index in [9.17, 15) is 4.79 Å². The minimum Gasteiger partial charge on any atom is -0.463 e. The van der Waals surface area contributed by atoms with Gasteiger partial charge in [-0.15, -0.1) is 0 Å². The molecular formula is C22H23NO4. The van der Waals surface area contributed by atoms with Crippen LogP contribution in [0.25, 0.3) is 0 Å². The molecule has 5 nitrogen and oxygen atoms in total. The molecule has 2 aromatic rings. The zero-order chi connectivity index (χ0) is 18.9. The van der Waals surface area contributed by atoms with Gasteiger partial charge in [0.1, 0.15) is 0 Å². The van der Waals surface area contributed by atoms with Crippen LogP contribution in [0.5, 0.6) is 0 Å². The van der Waals surface area contributed by atoms with Gasteiger partial charge >= 0.3 is 5.97 Å². The number of cyclic esters (lactones) is 1. The van der Waals surface area contributed by atoms with Crippen molar-refractivity contribution in [3.8, 4) is 0 Å². The zero-order valence-corrected chi connectivity index (χ0v) is 15.5. The summed E-state index contributed by atoms with van der Waals surface area (Å²) in [5, 5.41) is 0. The van der Waals surface area contributed by atoms with Gasteiger partial charge in [-0.05, 0) is 17.7 Å². The Hall–Kier alpha value is -2.66. The summed E-state index contributed by atoms with van der Waals surface area (Å²) in [6.07, 6.45) is -0.674. The van der Waals surface area contributed by atoms with Crippen LogP contribution in [0.2, 0.25) is 0 Å². The highest BCUT2D eigenvalue weighted by atomic mass is 16.7. The van der Waals surface area contributed by atoms with E-state index in [0.29, 0.717) is 18.9 Å². The fraction of sp³-hybridized carbons (Fsp3) is 0.364. The molecule has 0 radical (unpaired) electrons. The number of ether oxygens (including phenoxy) is 3. The number of hydrogen-bond donors (Lipinski definition) is 0. The van der Waals surface area contributed by atoms with Crippen LogP contribution in [0.4, 0.5) is 0 Å². The van der Waals surface area contributed by atoms with E-state index < -0.39 is 12.4 Å². The lowest BCUT2D eigenvalue weighted by molar-refractivity contribution is -0.175. The molecule has 2 heterocycles. The first-order valence-corrected chi connectivity index (χ1v) is 9.20. The maximum absolute atomic E-state index is 12.1. The van der Waals surface area contributed by atoms with Gasteiger partial charge in [-0.2, -0.15) is 0 Å². The first-order valence-electron chi connectivity index (χ1n) is 9.20. The number of aliphatic imine (C=N–C) groups is 1. The normalized spacial score (nSPS) is 26.8. The highest BCUT2D eigenvalue weighted by Gasteiger charge is 2.47.